The zero-order chi connectivity index (χ0) is 21.5. The minimum absolute atomic E-state index is 0.0706. The van der Waals surface area contributed by atoms with Crippen LogP contribution in [0.1, 0.15) is 21.7 Å². The maximum atomic E-state index is 13.0. The lowest BCUT2D eigenvalue weighted by atomic mass is 10.2. The summed E-state index contributed by atoms with van der Waals surface area (Å²) < 4.78 is 7.11. The van der Waals surface area contributed by atoms with Gasteiger partial charge in [0.25, 0.3) is 11.8 Å². The Morgan fingerprint density at radius 1 is 1.00 bits per heavy atom. The molecule has 0 bridgehead atoms. The summed E-state index contributed by atoms with van der Waals surface area (Å²) in [4.78, 5) is 25.6. The van der Waals surface area contributed by atoms with Gasteiger partial charge in [-0.15, -0.1) is 0 Å². The van der Waals surface area contributed by atoms with Crippen molar-refractivity contribution in [3.05, 3.63) is 114 Å². The summed E-state index contributed by atoms with van der Waals surface area (Å²) in [6, 6.07) is 21.4. The van der Waals surface area contributed by atoms with Crippen LogP contribution in [-0.4, -0.2) is 21.6 Å². The van der Waals surface area contributed by atoms with Gasteiger partial charge in [-0.1, -0.05) is 30.3 Å². The fourth-order valence-corrected chi connectivity index (χ4v) is 2.98. The third-order valence-corrected chi connectivity index (χ3v) is 4.45. The molecule has 0 unspecified atom stereocenters. The van der Waals surface area contributed by atoms with Crippen molar-refractivity contribution >= 4 is 23.6 Å². The number of furan rings is 1. The summed E-state index contributed by atoms with van der Waals surface area (Å²) in [6.07, 6.45) is 6.57. The van der Waals surface area contributed by atoms with E-state index in [1.807, 2.05) is 36.5 Å². The van der Waals surface area contributed by atoms with Crippen LogP contribution in [0.3, 0.4) is 0 Å². The molecule has 2 N–H and O–H groups in total. The zero-order valence-corrected chi connectivity index (χ0v) is 16.6. The minimum atomic E-state index is -0.461. The highest BCUT2D eigenvalue weighted by molar-refractivity contribution is 6.10. The first-order valence-electron chi connectivity index (χ1n) is 9.67. The number of benzene rings is 2. The number of amides is 2. The summed E-state index contributed by atoms with van der Waals surface area (Å²) in [5.74, 6) is -0.399. The lowest BCUT2D eigenvalue weighted by molar-refractivity contribution is -0.113. The van der Waals surface area contributed by atoms with Crippen molar-refractivity contribution in [1.29, 1.82) is 0 Å². The predicted molar refractivity (Wildman–Crippen MR) is 117 cm³/mol. The van der Waals surface area contributed by atoms with E-state index >= 15 is 0 Å². The number of carbonyl (C=O) groups excluding carboxylic acids is 2. The van der Waals surface area contributed by atoms with Crippen molar-refractivity contribution in [2.45, 2.75) is 6.54 Å². The van der Waals surface area contributed by atoms with Crippen LogP contribution in [0.25, 0.3) is 6.08 Å². The highest BCUT2D eigenvalue weighted by Gasteiger charge is 2.16. The van der Waals surface area contributed by atoms with Crippen molar-refractivity contribution in [1.82, 2.24) is 15.1 Å². The average Bonchev–Trinajstić information content (AvgIpc) is 3.48. The Balaban J connectivity index is 1.53. The van der Waals surface area contributed by atoms with E-state index < -0.39 is 5.91 Å². The maximum Gasteiger partial charge on any atom is 0.272 e. The molecule has 0 aliphatic carbocycles. The molecule has 0 saturated carbocycles. The van der Waals surface area contributed by atoms with E-state index in [2.05, 4.69) is 15.7 Å². The first kappa shape index (κ1) is 19.9. The van der Waals surface area contributed by atoms with Crippen LogP contribution in [0.15, 0.2) is 102 Å². The van der Waals surface area contributed by atoms with Gasteiger partial charge in [-0.25, -0.2) is 0 Å². The maximum absolute atomic E-state index is 13.0. The molecule has 0 saturated heterocycles. The van der Waals surface area contributed by atoms with Gasteiger partial charge in [0.15, 0.2) is 0 Å². The largest absolute Gasteiger partial charge is 0.465 e. The normalized spacial score (nSPS) is 11.2. The standard InChI is InChI=1S/C24H20N4O3/c29-23(19-8-2-1-3-9-19)27-22(16-21-11-5-14-31-21)24(30)26-20-10-4-7-18(15-20)17-28-13-6-12-25-28/h1-16H,17H2,(H,26,30)(H,27,29). The highest BCUT2D eigenvalue weighted by atomic mass is 16.3. The molecule has 7 heteroatoms. The molecule has 4 aromatic rings. The predicted octanol–water partition coefficient (Wildman–Crippen LogP) is 3.93. The van der Waals surface area contributed by atoms with E-state index in [0.29, 0.717) is 23.6 Å². The first-order chi connectivity index (χ1) is 15.2. The molecular weight excluding hydrogens is 392 g/mol. The Hall–Kier alpha value is -4.39. The SMILES string of the molecule is O=C(Nc1cccc(Cn2cccn2)c1)C(=Cc1ccco1)NC(=O)c1ccccc1. The smallest absolute Gasteiger partial charge is 0.272 e. The lowest BCUT2D eigenvalue weighted by Crippen LogP contribution is -2.30. The zero-order valence-electron chi connectivity index (χ0n) is 16.6. The molecule has 2 heterocycles. The molecule has 2 aromatic heterocycles. The second-order valence-corrected chi connectivity index (χ2v) is 6.75. The van der Waals surface area contributed by atoms with E-state index in [1.165, 1.54) is 12.3 Å². The van der Waals surface area contributed by atoms with Crippen LogP contribution in [0.2, 0.25) is 0 Å². The fourth-order valence-electron chi connectivity index (χ4n) is 2.98. The number of aromatic nitrogens is 2. The van der Waals surface area contributed by atoms with E-state index in [4.69, 9.17) is 4.42 Å². The third kappa shape index (κ3) is 5.36. The second kappa shape index (κ2) is 9.41. The Kier molecular flexibility index (Phi) is 6.04. The summed E-state index contributed by atoms with van der Waals surface area (Å²) in [5, 5.41) is 9.71. The van der Waals surface area contributed by atoms with Crippen LogP contribution in [0.4, 0.5) is 5.69 Å². The van der Waals surface area contributed by atoms with Crippen LogP contribution in [0.5, 0.6) is 0 Å². The monoisotopic (exact) mass is 412 g/mol. The molecule has 0 fully saturated rings. The van der Waals surface area contributed by atoms with Crippen molar-refractivity contribution in [3.63, 3.8) is 0 Å². The number of rotatable bonds is 7. The van der Waals surface area contributed by atoms with Crippen LogP contribution in [0, 0.1) is 0 Å². The van der Waals surface area contributed by atoms with Crippen molar-refractivity contribution in [2.75, 3.05) is 5.32 Å². The van der Waals surface area contributed by atoms with Crippen LogP contribution < -0.4 is 10.6 Å². The van der Waals surface area contributed by atoms with Crippen LogP contribution >= 0.6 is 0 Å². The van der Waals surface area contributed by atoms with Gasteiger partial charge in [-0.3, -0.25) is 14.3 Å². The molecule has 2 aromatic carbocycles. The molecule has 0 atom stereocenters. The molecule has 31 heavy (non-hydrogen) atoms. The van der Waals surface area contributed by atoms with E-state index in [0.717, 1.165) is 5.56 Å². The Bertz CT molecular complexity index is 1180. The van der Waals surface area contributed by atoms with Crippen molar-refractivity contribution in [3.8, 4) is 0 Å². The summed E-state index contributed by atoms with van der Waals surface area (Å²) in [7, 11) is 0. The topological polar surface area (TPSA) is 89.2 Å². The van der Waals surface area contributed by atoms with Gasteiger partial charge in [-0.2, -0.15) is 5.10 Å². The number of nitrogens with zero attached hydrogens (tertiary/aromatic N) is 2. The highest BCUT2D eigenvalue weighted by Crippen LogP contribution is 2.14. The quantitative estimate of drug-likeness (QED) is 0.450. The minimum Gasteiger partial charge on any atom is -0.465 e. The van der Waals surface area contributed by atoms with Gasteiger partial charge >= 0.3 is 0 Å². The first-order valence-corrected chi connectivity index (χ1v) is 9.67. The summed E-state index contributed by atoms with van der Waals surface area (Å²) in [5.41, 5.74) is 2.10. The van der Waals surface area contributed by atoms with Crippen LogP contribution in [-0.2, 0) is 11.3 Å². The number of carbonyl (C=O) groups is 2. The third-order valence-electron chi connectivity index (χ3n) is 4.45. The van der Waals surface area contributed by atoms with Gasteiger partial charge in [0.05, 0.1) is 12.8 Å². The van der Waals surface area contributed by atoms with Crippen molar-refractivity contribution in [2.24, 2.45) is 0 Å². The Morgan fingerprint density at radius 3 is 2.61 bits per heavy atom. The molecule has 4 rings (SSSR count). The molecular formula is C24H20N4O3. The Labute approximate surface area is 179 Å². The average molecular weight is 412 g/mol. The van der Waals surface area contributed by atoms with Crippen molar-refractivity contribution < 1.29 is 14.0 Å². The molecule has 2 amide bonds. The van der Waals surface area contributed by atoms with Gasteiger partial charge in [0.1, 0.15) is 11.5 Å². The Morgan fingerprint density at radius 2 is 1.87 bits per heavy atom. The van der Waals surface area contributed by atoms with Gasteiger partial charge in [0, 0.05) is 29.7 Å². The number of hydrogen-bond donors (Lipinski definition) is 2. The number of hydrogen-bond acceptors (Lipinski definition) is 4. The van der Waals surface area contributed by atoms with E-state index in [9.17, 15) is 9.59 Å². The van der Waals surface area contributed by atoms with Gasteiger partial charge in [0.2, 0.25) is 0 Å². The summed E-state index contributed by atoms with van der Waals surface area (Å²) in [6.45, 7) is 0.580. The fraction of sp³-hybridized carbons (Fsp3) is 0.0417. The molecule has 0 radical (unpaired) electrons. The van der Waals surface area contributed by atoms with Gasteiger partial charge in [-0.05, 0) is 48.0 Å². The van der Waals surface area contributed by atoms with Gasteiger partial charge < -0.3 is 15.1 Å². The van der Waals surface area contributed by atoms with E-state index in [-0.39, 0.29) is 11.6 Å². The lowest BCUT2D eigenvalue weighted by Gasteiger charge is -2.12. The second-order valence-electron chi connectivity index (χ2n) is 6.75. The molecule has 154 valence electrons. The molecule has 0 aliphatic heterocycles. The van der Waals surface area contributed by atoms with E-state index in [1.54, 1.807) is 53.3 Å². The number of anilines is 1. The molecule has 0 aliphatic rings. The number of nitrogens with one attached hydrogen (secondary N) is 2. The summed E-state index contributed by atoms with van der Waals surface area (Å²) >= 11 is 0. The molecule has 0 spiro atoms. The molecule has 7 nitrogen and oxygen atoms in total.